The number of hydrogen-bond acceptors (Lipinski definition) is 2. The molecule has 4 nitrogen and oxygen atoms in total. The highest BCUT2D eigenvalue weighted by Gasteiger charge is 2.23. The zero-order valence-corrected chi connectivity index (χ0v) is 13.9. The van der Waals surface area contributed by atoms with Gasteiger partial charge in [-0.3, -0.25) is 4.98 Å². The first kappa shape index (κ1) is 14.6. The van der Waals surface area contributed by atoms with Crippen molar-refractivity contribution in [2.75, 3.05) is 0 Å². The molecule has 5 rings (SSSR count). The highest BCUT2D eigenvalue weighted by Crippen LogP contribution is 2.39. The molecule has 4 heterocycles. The van der Waals surface area contributed by atoms with Crippen molar-refractivity contribution >= 4 is 21.9 Å². The lowest BCUT2D eigenvalue weighted by Gasteiger charge is -2.26. The SMILES string of the molecule is Fc1ccnc(-c2cc3cnc4[nH]ccc4c3n2C2CCCCC2)c1. The van der Waals surface area contributed by atoms with Crippen molar-refractivity contribution in [3.63, 3.8) is 0 Å². The minimum absolute atomic E-state index is 0.254. The monoisotopic (exact) mass is 334 g/mol. The first-order valence-corrected chi connectivity index (χ1v) is 8.90. The van der Waals surface area contributed by atoms with Crippen molar-refractivity contribution in [3.8, 4) is 11.4 Å². The molecule has 0 radical (unpaired) electrons. The molecule has 1 aliphatic carbocycles. The summed E-state index contributed by atoms with van der Waals surface area (Å²) in [5.74, 6) is -0.254. The predicted octanol–water partition coefficient (Wildman–Crippen LogP) is 5.22. The fraction of sp³-hybridized carbons (Fsp3) is 0.300. The van der Waals surface area contributed by atoms with Crippen LogP contribution in [0, 0.1) is 5.82 Å². The minimum atomic E-state index is -0.254. The Kier molecular flexibility index (Phi) is 3.33. The van der Waals surface area contributed by atoms with Gasteiger partial charge < -0.3 is 9.55 Å². The standard InChI is InChI=1S/C20H19FN4/c21-14-6-8-22-17(11-14)18-10-13-12-24-20-16(7-9-23-20)19(13)25(18)15-4-2-1-3-5-15/h6-12,15H,1-5H2,(H,23,24). The summed E-state index contributed by atoms with van der Waals surface area (Å²) >= 11 is 0. The largest absolute Gasteiger partial charge is 0.346 e. The van der Waals surface area contributed by atoms with E-state index in [4.69, 9.17) is 0 Å². The third-order valence-corrected chi connectivity index (χ3v) is 5.30. The second-order valence-electron chi connectivity index (χ2n) is 6.85. The highest BCUT2D eigenvalue weighted by atomic mass is 19.1. The summed E-state index contributed by atoms with van der Waals surface area (Å²) in [6, 6.07) is 7.52. The lowest BCUT2D eigenvalue weighted by molar-refractivity contribution is 0.363. The molecule has 4 aromatic heterocycles. The van der Waals surface area contributed by atoms with Crippen LogP contribution in [0.5, 0.6) is 0 Å². The van der Waals surface area contributed by atoms with E-state index < -0.39 is 0 Å². The molecule has 0 amide bonds. The Hall–Kier alpha value is -2.69. The second-order valence-corrected chi connectivity index (χ2v) is 6.85. The number of H-pyrrole nitrogens is 1. The van der Waals surface area contributed by atoms with Gasteiger partial charge in [-0.25, -0.2) is 9.37 Å². The fourth-order valence-electron chi connectivity index (χ4n) is 4.18. The number of aromatic amines is 1. The Morgan fingerprint density at radius 2 is 1.96 bits per heavy atom. The molecular formula is C20H19FN4. The van der Waals surface area contributed by atoms with E-state index in [0.29, 0.717) is 11.7 Å². The van der Waals surface area contributed by atoms with E-state index in [1.165, 1.54) is 43.1 Å². The third-order valence-electron chi connectivity index (χ3n) is 5.30. The van der Waals surface area contributed by atoms with E-state index in [-0.39, 0.29) is 5.82 Å². The molecule has 4 aromatic rings. The van der Waals surface area contributed by atoms with E-state index in [9.17, 15) is 4.39 Å². The zero-order valence-electron chi connectivity index (χ0n) is 13.9. The van der Waals surface area contributed by atoms with Crippen LogP contribution in [0.3, 0.4) is 0 Å². The van der Waals surface area contributed by atoms with Crippen molar-refractivity contribution in [1.29, 1.82) is 0 Å². The number of halogens is 1. The molecule has 0 aromatic carbocycles. The molecule has 25 heavy (non-hydrogen) atoms. The van der Waals surface area contributed by atoms with Crippen LogP contribution >= 0.6 is 0 Å². The number of nitrogens with zero attached hydrogens (tertiary/aromatic N) is 3. The van der Waals surface area contributed by atoms with Gasteiger partial charge in [0.1, 0.15) is 11.5 Å². The van der Waals surface area contributed by atoms with Gasteiger partial charge in [-0.1, -0.05) is 19.3 Å². The highest BCUT2D eigenvalue weighted by molar-refractivity contribution is 6.04. The van der Waals surface area contributed by atoms with Gasteiger partial charge in [-0.15, -0.1) is 0 Å². The fourth-order valence-corrected chi connectivity index (χ4v) is 4.18. The minimum Gasteiger partial charge on any atom is -0.346 e. The molecule has 1 N–H and O–H groups in total. The molecule has 0 bridgehead atoms. The Bertz CT molecular complexity index is 1060. The number of hydrogen-bond donors (Lipinski definition) is 1. The number of nitrogens with one attached hydrogen (secondary N) is 1. The molecule has 0 saturated heterocycles. The number of aromatic nitrogens is 4. The summed E-state index contributed by atoms with van der Waals surface area (Å²) in [4.78, 5) is 12.2. The molecule has 0 unspecified atom stereocenters. The quantitative estimate of drug-likeness (QED) is 0.546. The molecule has 5 heteroatoms. The van der Waals surface area contributed by atoms with E-state index >= 15 is 0 Å². The summed E-state index contributed by atoms with van der Waals surface area (Å²) in [6.45, 7) is 0. The molecule has 0 atom stereocenters. The van der Waals surface area contributed by atoms with E-state index in [1.807, 2.05) is 12.4 Å². The van der Waals surface area contributed by atoms with Crippen LogP contribution in [0.25, 0.3) is 33.3 Å². The normalized spacial score (nSPS) is 16.0. The molecule has 1 aliphatic rings. The average molecular weight is 334 g/mol. The van der Waals surface area contributed by atoms with Gasteiger partial charge in [0.05, 0.1) is 16.9 Å². The Balaban J connectivity index is 1.84. The molecule has 126 valence electrons. The second kappa shape index (κ2) is 5.69. The van der Waals surface area contributed by atoms with Gasteiger partial charge in [0.25, 0.3) is 0 Å². The third kappa shape index (κ3) is 2.34. The van der Waals surface area contributed by atoms with Crippen LogP contribution in [0.15, 0.2) is 42.9 Å². The smallest absolute Gasteiger partial charge is 0.139 e. The van der Waals surface area contributed by atoms with Crippen LogP contribution in [-0.4, -0.2) is 19.5 Å². The van der Waals surface area contributed by atoms with Crippen LogP contribution in [0.1, 0.15) is 38.1 Å². The lowest BCUT2D eigenvalue weighted by atomic mass is 9.95. The maximum atomic E-state index is 13.8. The van der Waals surface area contributed by atoms with Crippen LogP contribution in [0.2, 0.25) is 0 Å². The first-order valence-electron chi connectivity index (χ1n) is 8.90. The van der Waals surface area contributed by atoms with Gasteiger partial charge in [-0.05, 0) is 31.0 Å². The molecule has 1 saturated carbocycles. The number of rotatable bonds is 2. The maximum Gasteiger partial charge on any atom is 0.139 e. The zero-order chi connectivity index (χ0) is 16.8. The Labute approximate surface area is 144 Å². The van der Waals surface area contributed by atoms with E-state index in [0.717, 1.165) is 35.0 Å². The van der Waals surface area contributed by atoms with E-state index in [1.54, 1.807) is 0 Å². The lowest BCUT2D eigenvalue weighted by Crippen LogP contribution is -2.14. The van der Waals surface area contributed by atoms with Crippen LogP contribution < -0.4 is 0 Å². The van der Waals surface area contributed by atoms with Crippen molar-refractivity contribution in [2.24, 2.45) is 0 Å². The molecular weight excluding hydrogens is 315 g/mol. The van der Waals surface area contributed by atoms with Crippen LogP contribution in [0.4, 0.5) is 4.39 Å². The number of pyridine rings is 2. The van der Waals surface area contributed by atoms with Gasteiger partial charge in [0.2, 0.25) is 0 Å². The molecule has 0 spiro atoms. The summed E-state index contributed by atoms with van der Waals surface area (Å²) in [5, 5.41) is 2.20. The Morgan fingerprint density at radius 1 is 1.08 bits per heavy atom. The van der Waals surface area contributed by atoms with E-state index in [2.05, 4.69) is 31.7 Å². The summed E-state index contributed by atoms with van der Waals surface area (Å²) in [6.07, 6.45) is 11.4. The van der Waals surface area contributed by atoms with Gasteiger partial charge in [0, 0.05) is 41.5 Å². The summed E-state index contributed by atoms with van der Waals surface area (Å²) < 4.78 is 16.2. The Morgan fingerprint density at radius 3 is 2.80 bits per heavy atom. The first-order chi connectivity index (χ1) is 12.3. The maximum absolute atomic E-state index is 13.8. The summed E-state index contributed by atoms with van der Waals surface area (Å²) in [7, 11) is 0. The average Bonchev–Trinajstić information content (AvgIpc) is 3.26. The topological polar surface area (TPSA) is 46.5 Å². The van der Waals surface area contributed by atoms with Gasteiger partial charge >= 0.3 is 0 Å². The van der Waals surface area contributed by atoms with Crippen molar-refractivity contribution in [2.45, 2.75) is 38.1 Å². The molecule has 1 fully saturated rings. The van der Waals surface area contributed by atoms with Crippen LogP contribution in [-0.2, 0) is 0 Å². The van der Waals surface area contributed by atoms with Crippen molar-refractivity contribution in [1.82, 2.24) is 19.5 Å². The summed E-state index contributed by atoms with van der Waals surface area (Å²) in [5.41, 5.74) is 3.74. The van der Waals surface area contributed by atoms with Crippen molar-refractivity contribution < 1.29 is 4.39 Å². The molecule has 0 aliphatic heterocycles. The predicted molar refractivity (Wildman–Crippen MR) is 96.9 cm³/mol. The van der Waals surface area contributed by atoms with Gasteiger partial charge in [0.15, 0.2) is 0 Å². The van der Waals surface area contributed by atoms with Crippen molar-refractivity contribution in [3.05, 3.63) is 48.7 Å². The number of fused-ring (bicyclic) bond motifs is 3. The van der Waals surface area contributed by atoms with Gasteiger partial charge in [-0.2, -0.15) is 0 Å².